The van der Waals surface area contributed by atoms with Crippen LogP contribution in [0.25, 0.3) is 0 Å². The number of ketones is 1. The van der Waals surface area contributed by atoms with Gasteiger partial charge in [-0.3, -0.25) is 4.79 Å². The summed E-state index contributed by atoms with van der Waals surface area (Å²) in [6, 6.07) is 5.76. The Labute approximate surface area is 143 Å². The van der Waals surface area contributed by atoms with Crippen LogP contribution in [-0.2, 0) is 0 Å². The van der Waals surface area contributed by atoms with Gasteiger partial charge in [0.15, 0.2) is 5.78 Å². The average molecular weight is 326 g/mol. The van der Waals surface area contributed by atoms with Gasteiger partial charge >= 0.3 is 0 Å². The van der Waals surface area contributed by atoms with Gasteiger partial charge in [-0.2, -0.15) is 0 Å². The molecule has 4 heteroatoms. The molecule has 1 aromatic carbocycles. The zero-order chi connectivity index (χ0) is 16.1. The van der Waals surface area contributed by atoms with Crippen molar-refractivity contribution in [1.29, 1.82) is 0 Å². The van der Waals surface area contributed by atoms with E-state index in [2.05, 4.69) is 10.6 Å². The molecule has 0 atom stereocenters. The van der Waals surface area contributed by atoms with E-state index >= 15 is 0 Å². The molecule has 0 aromatic heterocycles. The highest BCUT2D eigenvalue weighted by Crippen LogP contribution is 2.55. The minimum absolute atomic E-state index is 0.195. The van der Waals surface area contributed by atoms with E-state index in [1.54, 1.807) is 0 Å². The smallest absolute Gasteiger partial charge is 0.176 e. The Balaban J connectivity index is 1.28. The average Bonchev–Trinajstić information content (AvgIpc) is 2.58. The van der Waals surface area contributed by atoms with E-state index in [0.717, 1.165) is 41.3 Å². The fourth-order valence-electron chi connectivity index (χ4n) is 6.01. The molecule has 5 aliphatic rings. The fourth-order valence-corrected chi connectivity index (χ4v) is 6.01. The second kappa shape index (κ2) is 5.48. The Kier molecular flexibility index (Phi) is 3.37. The summed E-state index contributed by atoms with van der Waals surface area (Å²) in [5, 5.41) is 7.02. The third-order valence-electron chi connectivity index (χ3n) is 6.64. The van der Waals surface area contributed by atoms with Gasteiger partial charge in [0.25, 0.3) is 0 Å². The van der Waals surface area contributed by atoms with Gasteiger partial charge in [-0.05, 0) is 74.5 Å². The van der Waals surface area contributed by atoms with E-state index in [-0.39, 0.29) is 11.3 Å². The van der Waals surface area contributed by atoms with Gasteiger partial charge in [-0.1, -0.05) is 0 Å². The van der Waals surface area contributed by atoms with Crippen LogP contribution in [0, 0.1) is 17.8 Å². The molecule has 1 aliphatic heterocycles. The van der Waals surface area contributed by atoms with Crippen LogP contribution in [0.5, 0.6) is 5.75 Å². The predicted octanol–water partition coefficient (Wildman–Crippen LogP) is 3.23. The van der Waals surface area contributed by atoms with Gasteiger partial charge in [-0.25, -0.2) is 0 Å². The highest BCUT2D eigenvalue weighted by atomic mass is 16.5. The zero-order valence-electron chi connectivity index (χ0n) is 14.1. The van der Waals surface area contributed by atoms with E-state index in [4.69, 9.17) is 4.74 Å². The number of rotatable bonds is 4. The minimum atomic E-state index is 0.195. The Morgan fingerprint density at radius 3 is 2.58 bits per heavy atom. The summed E-state index contributed by atoms with van der Waals surface area (Å²) in [6.45, 7) is 1.95. The number of anilines is 1. The van der Waals surface area contributed by atoms with Crippen molar-refractivity contribution in [2.45, 2.75) is 44.1 Å². The zero-order valence-corrected chi connectivity index (χ0v) is 14.1. The van der Waals surface area contributed by atoms with E-state index in [9.17, 15) is 4.79 Å². The van der Waals surface area contributed by atoms with Crippen molar-refractivity contribution in [3.05, 3.63) is 23.8 Å². The quantitative estimate of drug-likeness (QED) is 0.834. The first-order valence-electron chi connectivity index (χ1n) is 9.48. The molecule has 4 nitrogen and oxygen atoms in total. The number of Topliss-reactive ketones (excluding diaryl/α,β-unsaturated/α-hetero) is 1. The van der Waals surface area contributed by atoms with E-state index in [1.165, 1.54) is 38.5 Å². The normalized spacial score (nSPS) is 35.9. The van der Waals surface area contributed by atoms with E-state index in [1.807, 2.05) is 18.2 Å². The largest absolute Gasteiger partial charge is 0.490 e. The first-order chi connectivity index (χ1) is 11.7. The van der Waals surface area contributed by atoms with Crippen molar-refractivity contribution in [1.82, 2.24) is 5.32 Å². The third-order valence-corrected chi connectivity index (χ3v) is 6.64. The summed E-state index contributed by atoms with van der Waals surface area (Å²) < 4.78 is 5.59. The Morgan fingerprint density at radius 2 is 1.88 bits per heavy atom. The maximum atomic E-state index is 12.7. The van der Waals surface area contributed by atoms with Crippen LogP contribution in [0.15, 0.2) is 18.2 Å². The monoisotopic (exact) mass is 326 g/mol. The summed E-state index contributed by atoms with van der Waals surface area (Å²) in [5.41, 5.74) is 1.98. The number of carbonyl (C=O) groups excluding carboxylic acids is 1. The van der Waals surface area contributed by atoms with Crippen molar-refractivity contribution in [3.63, 3.8) is 0 Å². The molecular formula is C20H26N2O2. The first kappa shape index (κ1) is 14.8. The van der Waals surface area contributed by atoms with Gasteiger partial charge < -0.3 is 15.4 Å². The number of ether oxygens (including phenoxy) is 1. The molecule has 4 fully saturated rings. The number of benzene rings is 1. The number of hydrogen-bond donors (Lipinski definition) is 2. The van der Waals surface area contributed by atoms with Gasteiger partial charge in [-0.15, -0.1) is 0 Å². The minimum Gasteiger partial charge on any atom is -0.490 e. The molecule has 4 saturated carbocycles. The van der Waals surface area contributed by atoms with Crippen LogP contribution in [0.4, 0.5) is 5.69 Å². The Morgan fingerprint density at radius 1 is 1.17 bits per heavy atom. The second-order valence-electron chi connectivity index (χ2n) is 8.46. The number of hydrogen-bond acceptors (Lipinski definition) is 4. The molecule has 0 amide bonds. The summed E-state index contributed by atoms with van der Waals surface area (Å²) >= 11 is 0. The molecule has 0 saturated heterocycles. The lowest BCUT2D eigenvalue weighted by molar-refractivity contribution is -0.0186. The molecule has 24 heavy (non-hydrogen) atoms. The van der Waals surface area contributed by atoms with Crippen molar-refractivity contribution in [3.8, 4) is 5.75 Å². The highest BCUT2D eigenvalue weighted by molar-refractivity contribution is 5.98. The van der Waals surface area contributed by atoms with Crippen LogP contribution in [-0.4, -0.2) is 31.0 Å². The molecule has 1 heterocycles. The standard InChI is InChI=1S/C20H26N2O2/c23-18(16-1-2-19-17(8-16)21-3-4-24-19)12-22-20-9-13-5-14(10-20)7-15(6-13)11-20/h1-2,8,13-15,21-22H,3-7,9-12H2. The van der Waals surface area contributed by atoms with Crippen LogP contribution < -0.4 is 15.4 Å². The molecule has 6 rings (SSSR count). The van der Waals surface area contributed by atoms with Crippen molar-refractivity contribution in [2.24, 2.45) is 17.8 Å². The van der Waals surface area contributed by atoms with Crippen LogP contribution in [0.3, 0.4) is 0 Å². The number of nitrogens with one attached hydrogen (secondary N) is 2. The summed E-state index contributed by atoms with van der Waals surface area (Å²) in [4.78, 5) is 12.7. The molecule has 0 unspecified atom stereocenters. The Bertz CT molecular complexity index is 634. The van der Waals surface area contributed by atoms with E-state index in [0.29, 0.717) is 13.2 Å². The maximum absolute atomic E-state index is 12.7. The topological polar surface area (TPSA) is 50.4 Å². The highest BCUT2D eigenvalue weighted by Gasteiger charge is 2.50. The van der Waals surface area contributed by atoms with Crippen LogP contribution in [0.2, 0.25) is 0 Å². The SMILES string of the molecule is O=C(CNC12CC3CC(CC(C3)C1)C2)c1ccc2c(c1)NCCO2. The maximum Gasteiger partial charge on any atom is 0.176 e. The van der Waals surface area contributed by atoms with Crippen LogP contribution >= 0.6 is 0 Å². The third kappa shape index (κ3) is 2.52. The molecular weight excluding hydrogens is 300 g/mol. The number of fused-ring (bicyclic) bond motifs is 1. The summed E-state index contributed by atoms with van der Waals surface area (Å²) in [5.74, 6) is 3.77. The van der Waals surface area contributed by atoms with Gasteiger partial charge in [0, 0.05) is 17.6 Å². The lowest BCUT2D eigenvalue weighted by Gasteiger charge is -2.57. The lowest BCUT2D eigenvalue weighted by atomic mass is 9.53. The molecule has 0 spiro atoms. The number of carbonyl (C=O) groups is 1. The first-order valence-corrected chi connectivity index (χ1v) is 9.48. The molecule has 4 aliphatic carbocycles. The van der Waals surface area contributed by atoms with Crippen LogP contribution in [0.1, 0.15) is 48.9 Å². The second-order valence-corrected chi connectivity index (χ2v) is 8.46. The molecule has 4 bridgehead atoms. The summed E-state index contributed by atoms with van der Waals surface area (Å²) in [7, 11) is 0. The molecule has 0 radical (unpaired) electrons. The van der Waals surface area contributed by atoms with Gasteiger partial charge in [0.1, 0.15) is 12.4 Å². The Hall–Kier alpha value is -1.55. The lowest BCUT2D eigenvalue weighted by Crippen LogP contribution is -2.59. The van der Waals surface area contributed by atoms with Gasteiger partial charge in [0.05, 0.1) is 12.2 Å². The van der Waals surface area contributed by atoms with Crippen molar-refractivity contribution in [2.75, 3.05) is 25.0 Å². The van der Waals surface area contributed by atoms with Crippen molar-refractivity contribution < 1.29 is 9.53 Å². The van der Waals surface area contributed by atoms with E-state index < -0.39 is 0 Å². The molecule has 2 N–H and O–H groups in total. The predicted molar refractivity (Wildman–Crippen MR) is 93.7 cm³/mol. The van der Waals surface area contributed by atoms with Crippen molar-refractivity contribution >= 4 is 11.5 Å². The molecule has 128 valence electrons. The summed E-state index contributed by atoms with van der Waals surface area (Å²) in [6.07, 6.45) is 8.16. The molecule has 1 aromatic rings. The van der Waals surface area contributed by atoms with Gasteiger partial charge in [0.2, 0.25) is 0 Å². The fraction of sp³-hybridized carbons (Fsp3) is 0.650.